The van der Waals surface area contributed by atoms with Crippen LogP contribution in [0.25, 0.3) is 0 Å². The molecule has 0 rings (SSSR count). The lowest BCUT2D eigenvalue weighted by Gasteiger charge is -2.15. The van der Waals surface area contributed by atoms with Crippen molar-refractivity contribution in [2.45, 2.75) is 19.4 Å². The van der Waals surface area contributed by atoms with Gasteiger partial charge in [0, 0.05) is 0 Å². The lowest BCUT2D eigenvalue weighted by Crippen LogP contribution is -2.24. The fourth-order valence-electron chi connectivity index (χ4n) is 0.632. The highest BCUT2D eigenvalue weighted by Gasteiger charge is 2.00. The van der Waals surface area contributed by atoms with E-state index >= 15 is 0 Å². The van der Waals surface area contributed by atoms with E-state index in [0.29, 0.717) is 6.04 Å². The molecule has 0 saturated heterocycles. The molecule has 0 bridgehead atoms. The Hall–Kier alpha value is -0.480. The van der Waals surface area contributed by atoms with E-state index in [4.69, 9.17) is 6.42 Å². The predicted octanol–water partition coefficient (Wildman–Crippen LogP) is 0.960. The molecule has 46 valence electrons. The van der Waals surface area contributed by atoms with Crippen LogP contribution in [0, 0.1) is 12.3 Å². The number of hydrogen-bond donors (Lipinski definition) is 0. The Balaban J connectivity index is 3.57. The normalized spacial score (nSPS) is 13.4. The molecule has 0 fully saturated rings. The van der Waals surface area contributed by atoms with Crippen LogP contribution in [0.2, 0.25) is 0 Å². The Bertz CT molecular complexity index is 89.1. The summed E-state index contributed by atoms with van der Waals surface area (Å²) in [4.78, 5) is 2.04. The van der Waals surface area contributed by atoms with Crippen molar-refractivity contribution in [3.63, 3.8) is 0 Å². The van der Waals surface area contributed by atoms with E-state index in [9.17, 15) is 0 Å². The van der Waals surface area contributed by atoms with Crippen LogP contribution in [0.3, 0.4) is 0 Å². The summed E-state index contributed by atoms with van der Waals surface area (Å²) in [7, 11) is 3.99. The van der Waals surface area contributed by atoms with Gasteiger partial charge < -0.3 is 0 Å². The standard InChI is InChI=1S/C7H13N/c1-5-7(6-2)8(3)4/h1,7H,6H2,2-4H3. The maximum atomic E-state index is 5.19. The van der Waals surface area contributed by atoms with Crippen molar-refractivity contribution in [2.75, 3.05) is 14.1 Å². The van der Waals surface area contributed by atoms with Crippen LogP contribution in [-0.2, 0) is 0 Å². The van der Waals surface area contributed by atoms with Crippen LogP contribution in [0.15, 0.2) is 0 Å². The highest BCUT2D eigenvalue weighted by Crippen LogP contribution is 1.94. The number of nitrogens with zero attached hydrogens (tertiary/aromatic N) is 1. The average molecular weight is 111 g/mol. The maximum absolute atomic E-state index is 5.19. The number of hydrogen-bond acceptors (Lipinski definition) is 1. The molecular formula is C7H13N. The van der Waals surface area contributed by atoms with Gasteiger partial charge in [-0.25, -0.2) is 0 Å². The summed E-state index contributed by atoms with van der Waals surface area (Å²) in [6.07, 6.45) is 6.22. The van der Waals surface area contributed by atoms with Crippen LogP contribution >= 0.6 is 0 Å². The van der Waals surface area contributed by atoms with Gasteiger partial charge in [0.25, 0.3) is 0 Å². The molecule has 0 saturated carbocycles. The van der Waals surface area contributed by atoms with E-state index in [0.717, 1.165) is 6.42 Å². The molecule has 8 heavy (non-hydrogen) atoms. The van der Waals surface area contributed by atoms with E-state index in [1.54, 1.807) is 0 Å². The molecule has 0 aromatic rings. The molecule has 0 radical (unpaired) electrons. The first kappa shape index (κ1) is 7.52. The summed E-state index contributed by atoms with van der Waals surface area (Å²) in [5.74, 6) is 2.68. The van der Waals surface area contributed by atoms with Crippen LogP contribution in [-0.4, -0.2) is 25.0 Å². The molecule has 1 atom stereocenters. The molecule has 0 spiro atoms. The van der Waals surface area contributed by atoms with E-state index < -0.39 is 0 Å². The van der Waals surface area contributed by atoms with Crippen LogP contribution in [0.1, 0.15) is 13.3 Å². The lowest BCUT2D eigenvalue weighted by atomic mass is 10.2. The molecular weight excluding hydrogens is 98.1 g/mol. The highest BCUT2D eigenvalue weighted by molar-refractivity contribution is 4.97. The summed E-state index contributed by atoms with van der Waals surface area (Å²) in [5.41, 5.74) is 0. The second-order valence-corrected chi connectivity index (χ2v) is 2.05. The largest absolute Gasteiger partial charge is 0.296 e. The van der Waals surface area contributed by atoms with Crippen molar-refractivity contribution in [1.82, 2.24) is 4.90 Å². The summed E-state index contributed by atoms with van der Waals surface area (Å²) < 4.78 is 0. The van der Waals surface area contributed by atoms with Gasteiger partial charge in [-0.15, -0.1) is 6.42 Å². The third kappa shape index (κ3) is 1.99. The third-order valence-corrected chi connectivity index (χ3v) is 1.20. The summed E-state index contributed by atoms with van der Waals surface area (Å²) >= 11 is 0. The Morgan fingerprint density at radius 2 is 2.12 bits per heavy atom. The zero-order valence-electron chi connectivity index (χ0n) is 5.81. The molecule has 1 nitrogen and oxygen atoms in total. The molecule has 0 aliphatic heterocycles. The highest BCUT2D eigenvalue weighted by atomic mass is 15.1. The molecule has 1 unspecified atom stereocenters. The molecule has 0 N–H and O–H groups in total. The van der Waals surface area contributed by atoms with Crippen LogP contribution < -0.4 is 0 Å². The second-order valence-electron chi connectivity index (χ2n) is 2.05. The lowest BCUT2D eigenvalue weighted by molar-refractivity contribution is 0.346. The van der Waals surface area contributed by atoms with E-state index in [1.807, 2.05) is 19.0 Å². The van der Waals surface area contributed by atoms with E-state index in [2.05, 4.69) is 12.8 Å². The summed E-state index contributed by atoms with van der Waals surface area (Å²) in [5, 5.41) is 0. The topological polar surface area (TPSA) is 3.24 Å². The van der Waals surface area contributed by atoms with Crippen LogP contribution in [0.5, 0.6) is 0 Å². The molecule has 0 aliphatic carbocycles. The van der Waals surface area contributed by atoms with Gasteiger partial charge in [0.15, 0.2) is 0 Å². The van der Waals surface area contributed by atoms with Crippen molar-refractivity contribution >= 4 is 0 Å². The van der Waals surface area contributed by atoms with Gasteiger partial charge in [-0.05, 0) is 20.5 Å². The first-order valence-electron chi connectivity index (χ1n) is 2.85. The summed E-state index contributed by atoms with van der Waals surface area (Å²) in [6.45, 7) is 2.09. The smallest absolute Gasteiger partial charge is 0.0704 e. The zero-order chi connectivity index (χ0) is 6.57. The molecule has 0 heterocycles. The van der Waals surface area contributed by atoms with Crippen molar-refractivity contribution in [3.05, 3.63) is 0 Å². The number of terminal acetylenes is 1. The first-order chi connectivity index (χ1) is 3.72. The van der Waals surface area contributed by atoms with Gasteiger partial charge in [-0.3, -0.25) is 4.90 Å². The Morgan fingerprint density at radius 3 is 2.12 bits per heavy atom. The maximum Gasteiger partial charge on any atom is 0.0704 e. The Labute approximate surface area is 51.7 Å². The molecule has 0 aromatic carbocycles. The molecule has 1 heteroatoms. The zero-order valence-corrected chi connectivity index (χ0v) is 5.81. The van der Waals surface area contributed by atoms with Gasteiger partial charge in [-0.1, -0.05) is 12.8 Å². The van der Waals surface area contributed by atoms with Gasteiger partial charge in [0.2, 0.25) is 0 Å². The van der Waals surface area contributed by atoms with Crippen LogP contribution in [0.4, 0.5) is 0 Å². The van der Waals surface area contributed by atoms with Gasteiger partial charge >= 0.3 is 0 Å². The van der Waals surface area contributed by atoms with Gasteiger partial charge in [0.05, 0.1) is 6.04 Å². The van der Waals surface area contributed by atoms with E-state index in [1.165, 1.54) is 0 Å². The van der Waals surface area contributed by atoms with Gasteiger partial charge in [0.1, 0.15) is 0 Å². The minimum Gasteiger partial charge on any atom is -0.296 e. The average Bonchev–Trinajstić information content (AvgIpc) is 1.69. The molecule has 0 aromatic heterocycles. The third-order valence-electron chi connectivity index (χ3n) is 1.20. The van der Waals surface area contributed by atoms with E-state index in [-0.39, 0.29) is 0 Å². The Morgan fingerprint density at radius 1 is 1.62 bits per heavy atom. The second kappa shape index (κ2) is 3.51. The Kier molecular flexibility index (Phi) is 3.30. The quantitative estimate of drug-likeness (QED) is 0.480. The predicted molar refractivity (Wildman–Crippen MR) is 36.6 cm³/mol. The SMILES string of the molecule is C#CC(CC)N(C)C. The fourth-order valence-corrected chi connectivity index (χ4v) is 0.632. The van der Waals surface area contributed by atoms with Crippen molar-refractivity contribution in [3.8, 4) is 12.3 Å². The van der Waals surface area contributed by atoms with Crippen molar-refractivity contribution in [1.29, 1.82) is 0 Å². The number of rotatable bonds is 2. The monoisotopic (exact) mass is 111 g/mol. The summed E-state index contributed by atoms with van der Waals surface area (Å²) in [6, 6.07) is 0.315. The molecule has 0 aliphatic rings. The fraction of sp³-hybridized carbons (Fsp3) is 0.714. The van der Waals surface area contributed by atoms with Gasteiger partial charge in [-0.2, -0.15) is 0 Å². The minimum absolute atomic E-state index is 0.315. The first-order valence-corrected chi connectivity index (χ1v) is 2.85. The van der Waals surface area contributed by atoms with Crippen molar-refractivity contribution in [2.24, 2.45) is 0 Å². The van der Waals surface area contributed by atoms with Crippen molar-refractivity contribution < 1.29 is 0 Å². The minimum atomic E-state index is 0.315. The molecule has 0 amide bonds.